The van der Waals surface area contributed by atoms with Crippen molar-refractivity contribution in [3.8, 4) is 0 Å². The van der Waals surface area contributed by atoms with Crippen LogP contribution >= 0.6 is 11.3 Å². The minimum atomic E-state index is -5.08. The van der Waals surface area contributed by atoms with Crippen LogP contribution in [0.3, 0.4) is 0 Å². The molecule has 0 fully saturated rings. The Labute approximate surface area is 132 Å². The topological polar surface area (TPSA) is 122 Å². The average molecular weight is 369 g/mol. The summed E-state index contributed by atoms with van der Waals surface area (Å²) in [6, 6.07) is 5.98. The molecule has 1 aromatic heterocycles. The maximum atomic E-state index is 11.8. The lowest BCUT2D eigenvalue weighted by molar-refractivity contribution is -0.192. The van der Waals surface area contributed by atoms with Gasteiger partial charge in [0.1, 0.15) is 0 Å². The van der Waals surface area contributed by atoms with E-state index in [-0.39, 0.29) is 4.90 Å². The number of carboxylic acids is 1. The zero-order chi connectivity index (χ0) is 17.7. The van der Waals surface area contributed by atoms with Crippen molar-refractivity contribution >= 4 is 38.1 Å². The number of alkyl halides is 3. The second kappa shape index (κ2) is 7.28. The second-order valence-corrected chi connectivity index (χ2v) is 6.39. The highest BCUT2D eigenvalue weighted by molar-refractivity contribution is 7.93. The van der Waals surface area contributed by atoms with E-state index in [1.807, 2.05) is 0 Å². The molecule has 23 heavy (non-hydrogen) atoms. The van der Waals surface area contributed by atoms with Crippen LogP contribution in [0.2, 0.25) is 0 Å². The molecule has 0 aliphatic carbocycles. The molecule has 0 atom stereocenters. The van der Waals surface area contributed by atoms with Gasteiger partial charge in [0, 0.05) is 17.3 Å². The maximum Gasteiger partial charge on any atom is 0.490 e. The Kier molecular flexibility index (Phi) is 5.92. The van der Waals surface area contributed by atoms with Crippen molar-refractivity contribution in [2.24, 2.45) is 0 Å². The van der Waals surface area contributed by atoms with Crippen LogP contribution < -0.4 is 10.5 Å². The highest BCUT2D eigenvalue weighted by Crippen LogP contribution is 2.18. The Morgan fingerprint density at radius 3 is 2.17 bits per heavy atom. The molecule has 7 nitrogen and oxygen atoms in total. The predicted molar refractivity (Wildman–Crippen MR) is 77.5 cm³/mol. The SMILES string of the molecule is Nc1ccc(S(=O)(=O)Nc2nccs2)cc1.O=C(O)C(F)(F)F. The van der Waals surface area contributed by atoms with Crippen LogP contribution in [0, 0.1) is 0 Å². The molecule has 0 amide bonds. The van der Waals surface area contributed by atoms with Gasteiger partial charge in [0.2, 0.25) is 0 Å². The number of carbonyl (C=O) groups is 1. The van der Waals surface area contributed by atoms with E-state index in [4.69, 9.17) is 15.6 Å². The van der Waals surface area contributed by atoms with Crippen molar-refractivity contribution in [1.82, 2.24) is 4.98 Å². The van der Waals surface area contributed by atoms with Crippen LogP contribution in [0.1, 0.15) is 0 Å². The normalized spacial score (nSPS) is 11.3. The summed E-state index contributed by atoms with van der Waals surface area (Å²) < 4.78 is 57.8. The maximum absolute atomic E-state index is 11.8. The van der Waals surface area contributed by atoms with Gasteiger partial charge < -0.3 is 10.8 Å². The first-order valence-electron chi connectivity index (χ1n) is 5.60. The zero-order valence-corrected chi connectivity index (χ0v) is 12.7. The van der Waals surface area contributed by atoms with E-state index in [1.54, 1.807) is 5.38 Å². The number of nitrogen functional groups attached to an aromatic ring is 1. The highest BCUT2D eigenvalue weighted by Gasteiger charge is 2.38. The van der Waals surface area contributed by atoms with Crippen molar-refractivity contribution in [1.29, 1.82) is 0 Å². The Bertz CT molecular complexity index is 744. The van der Waals surface area contributed by atoms with E-state index in [2.05, 4.69) is 9.71 Å². The predicted octanol–water partition coefficient (Wildman–Crippen LogP) is 2.16. The fourth-order valence-corrected chi connectivity index (χ4v) is 2.88. The number of nitrogens with one attached hydrogen (secondary N) is 1. The highest BCUT2D eigenvalue weighted by atomic mass is 32.2. The van der Waals surface area contributed by atoms with E-state index < -0.39 is 22.2 Å². The molecule has 0 bridgehead atoms. The molecule has 2 aromatic rings. The van der Waals surface area contributed by atoms with Gasteiger partial charge in [0.25, 0.3) is 10.0 Å². The molecule has 0 aliphatic rings. The van der Waals surface area contributed by atoms with Crippen molar-refractivity contribution in [2.45, 2.75) is 11.1 Å². The lowest BCUT2D eigenvalue weighted by Gasteiger charge is -2.04. The monoisotopic (exact) mass is 369 g/mol. The molecule has 0 unspecified atom stereocenters. The third kappa shape index (κ3) is 6.12. The number of aliphatic carboxylic acids is 1. The van der Waals surface area contributed by atoms with Gasteiger partial charge in [-0.05, 0) is 24.3 Å². The molecule has 0 saturated carbocycles. The second-order valence-electron chi connectivity index (χ2n) is 3.81. The van der Waals surface area contributed by atoms with Gasteiger partial charge in [-0.25, -0.2) is 18.2 Å². The average Bonchev–Trinajstić information content (AvgIpc) is 2.91. The summed E-state index contributed by atoms with van der Waals surface area (Å²) in [7, 11) is -3.56. The van der Waals surface area contributed by atoms with Crippen molar-refractivity contribution in [3.05, 3.63) is 35.8 Å². The minimum absolute atomic E-state index is 0.164. The number of hydrogen-bond donors (Lipinski definition) is 3. The molecule has 12 heteroatoms. The minimum Gasteiger partial charge on any atom is -0.475 e. The van der Waals surface area contributed by atoms with E-state index >= 15 is 0 Å². The fraction of sp³-hybridized carbons (Fsp3) is 0.0909. The summed E-state index contributed by atoms with van der Waals surface area (Å²) >= 11 is 1.22. The van der Waals surface area contributed by atoms with Crippen LogP contribution in [-0.2, 0) is 14.8 Å². The number of anilines is 2. The van der Waals surface area contributed by atoms with Crippen molar-refractivity contribution in [3.63, 3.8) is 0 Å². The van der Waals surface area contributed by atoms with Gasteiger partial charge in [-0.1, -0.05) is 0 Å². The number of aromatic nitrogens is 1. The molecule has 1 heterocycles. The Hall–Kier alpha value is -2.34. The quantitative estimate of drug-likeness (QED) is 0.713. The number of hydrogen-bond acceptors (Lipinski definition) is 6. The lowest BCUT2D eigenvalue weighted by Crippen LogP contribution is -2.21. The molecular formula is C11H10F3N3O4S2. The van der Waals surface area contributed by atoms with Gasteiger partial charge in [0.05, 0.1) is 4.90 Å². The summed E-state index contributed by atoms with van der Waals surface area (Å²) in [4.78, 5) is 12.9. The summed E-state index contributed by atoms with van der Waals surface area (Å²) in [6.45, 7) is 0. The van der Waals surface area contributed by atoms with Gasteiger partial charge in [-0.15, -0.1) is 11.3 Å². The fourth-order valence-electron chi connectivity index (χ4n) is 1.09. The zero-order valence-electron chi connectivity index (χ0n) is 11.1. The number of nitrogens with two attached hydrogens (primary N) is 1. The molecule has 126 valence electrons. The van der Waals surface area contributed by atoms with Crippen LogP contribution in [-0.4, -0.2) is 30.7 Å². The first-order chi connectivity index (χ1) is 10.5. The van der Waals surface area contributed by atoms with Crippen LogP contribution in [0.4, 0.5) is 24.0 Å². The summed E-state index contributed by atoms with van der Waals surface area (Å²) in [5.41, 5.74) is 6.00. The van der Waals surface area contributed by atoms with Gasteiger partial charge in [-0.2, -0.15) is 13.2 Å². The molecule has 1 aromatic carbocycles. The number of thiazole rings is 1. The molecular weight excluding hydrogens is 359 g/mol. The first-order valence-corrected chi connectivity index (χ1v) is 7.96. The van der Waals surface area contributed by atoms with Crippen LogP contribution in [0.5, 0.6) is 0 Å². The Morgan fingerprint density at radius 1 is 1.26 bits per heavy atom. The van der Waals surface area contributed by atoms with E-state index in [9.17, 15) is 21.6 Å². The third-order valence-electron chi connectivity index (χ3n) is 2.09. The van der Waals surface area contributed by atoms with Gasteiger partial charge >= 0.3 is 12.1 Å². The molecule has 4 N–H and O–H groups in total. The van der Waals surface area contributed by atoms with Crippen LogP contribution in [0.15, 0.2) is 40.7 Å². The molecule has 0 spiro atoms. The summed E-state index contributed by atoms with van der Waals surface area (Å²) in [5.74, 6) is -2.76. The number of sulfonamides is 1. The molecule has 0 radical (unpaired) electrons. The van der Waals surface area contributed by atoms with Gasteiger partial charge in [0.15, 0.2) is 5.13 Å². The van der Waals surface area contributed by atoms with E-state index in [1.165, 1.54) is 41.8 Å². The number of halogens is 3. The number of rotatable bonds is 3. The number of nitrogens with zero attached hydrogens (tertiary/aromatic N) is 1. The summed E-state index contributed by atoms with van der Waals surface area (Å²) in [5, 5.41) is 9.16. The van der Waals surface area contributed by atoms with E-state index in [0.717, 1.165) is 0 Å². The standard InChI is InChI=1S/C9H9N3O2S2.C2HF3O2/c10-7-1-3-8(4-2-7)16(13,14)12-9-11-5-6-15-9;3-2(4,5)1(6)7/h1-6H,10H2,(H,11,12);(H,6,7). The van der Waals surface area contributed by atoms with Crippen molar-refractivity contribution < 1.29 is 31.5 Å². The smallest absolute Gasteiger partial charge is 0.475 e. The number of benzene rings is 1. The molecule has 0 saturated heterocycles. The summed E-state index contributed by atoms with van der Waals surface area (Å²) in [6.07, 6.45) is -3.55. The Balaban J connectivity index is 0.000000322. The third-order valence-corrected chi connectivity index (χ3v) is 4.26. The van der Waals surface area contributed by atoms with Gasteiger partial charge in [-0.3, -0.25) is 4.72 Å². The first kappa shape index (κ1) is 18.7. The molecule has 2 rings (SSSR count). The largest absolute Gasteiger partial charge is 0.490 e. The molecule has 0 aliphatic heterocycles. The van der Waals surface area contributed by atoms with Crippen LogP contribution in [0.25, 0.3) is 0 Å². The Morgan fingerprint density at radius 2 is 1.78 bits per heavy atom. The van der Waals surface area contributed by atoms with Crippen molar-refractivity contribution in [2.75, 3.05) is 10.5 Å². The van der Waals surface area contributed by atoms with E-state index in [0.29, 0.717) is 10.8 Å². The lowest BCUT2D eigenvalue weighted by atomic mass is 10.3. The number of carboxylic acid groups (broad SMARTS) is 1.